The van der Waals surface area contributed by atoms with Gasteiger partial charge in [-0.15, -0.1) is 0 Å². The molecule has 16 heavy (non-hydrogen) atoms. The second-order valence-corrected chi connectivity index (χ2v) is 5.91. The second-order valence-electron chi connectivity index (χ2n) is 5.13. The molecule has 3 heteroatoms. The molecule has 3 heterocycles. The first-order chi connectivity index (χ1) is 7.83. The molecular weight excluding hydrogens is 218 g/mol. The fourth-order valence-corrected chi connectivity index (χ4v) is 4.01. The van der Waals surface area contributed by atoms with E-state index in [0.717, 1.165) is 12.8 Å². The van der Waals surface area contributed by atoms with Crippen LogP contribution in [0.15, 0.2) is 16.8 Å². The van der Waals surface area contributed by atoms with Gasteiger partial charge in [0.2, 0.25) is 0 Å². The Balaban J connectivity index is 1.59. The average molecular weight is 237 g/mol. The van der Waals surface area contributed by atoms with Crippen LogP contribution >= 0.6 is 11.3 Å². The molecule has 0 radical (unpaired) electrons. The summed E-state index contributed by atoms with van der Waals surface area (Å²) in [5.74, 6) is 0. The van der Waals surface area contributed by atoms with E-state index in [-0.39, 0.29) is 6.10 Å². The predicted molar refractivity (Wildman–Crippen MR) is 66.8 cm³/mol. The van der Waals surface area contributed by atoms with Crippen LogP contribution in [0.3, 0.4) is 0 Å². The Kier molecular flexibility index (Phi) is 3.01. The van der Waals surface area contributed by atoms with Gasteiger partial charge in [-0.25, -0.2) is 0 Å². The smallest absolute Gasteiger partial charge is 0.0570 e. The van der Waals surface area contributed by atoms with Gasteiger partial charge in [0.15, 0.2) is 0 Å². The van der Waals surface area contributed by atoms with Crippen molar-refractivity contribution in [3.63, 3.8) is 0 Å². The van der Waals surface area contributed by atoms with Gasteiger partial charge < -0.3 is 5.11 Å². The van der Waals surface area contributed by atoms with Gasteiger partial charge in [-0.2, -0.15) is 11.3 Å². The number of rotatable bonds is 3. The summed E-state index contributed by atoms with van der Waals surface area (Å²) in [5.41, 5.74) is 1.47. The molecule has 2 aliphatic rings. The standard InChI is InChI=1S/C13H19NOS/c15-13-7-11-1-2-12(8-13)14(11)5-3-10-4-6-16-9-10/h4,6,9,11-13,15H,1-3,5,7-8H2. The zero-order chi connectivity index (χ0) is 11.0. The Morgan fingerprint density at radius 1 is 1.31 bits per heavy atom. The Morgan fingerprint density at radius 2 is 2.06 bits per heavy atom. The van der Waals surface area contributed by atoms with E-state index >= 15 is 0 Å². The highest BCUT2D eigenvalue weighted by atomic mass is 32.1. The lowest BCUT2D eigenvalue weighted by Crippen LogP contribution is -2.45. The second kappa shape index (κ2) is 4.47. The summed E-state index contributed by atoms with van der Waals surface area (Å²) in [6.07, 6.45) is 5.73. The van der Waals surface area contributed by atoms with Gasteiger partial charge in [-0.05, 0) is 54.5 Å². The number of fused-ring (bicyclic) bond motifs is 2. The van der Waals surface area contributed by atoms with E-state index in [9.17, 15) is 5.11 Å². The summed E-state index contributed by atoms with van der Waals surface area (Å²) in [6.45, 7) is 1.18. The van der Waals surface area contributed by atoms with Crippen molar-refractivity contribution in [1.82, 2.24) is 4.90 Å². The van der Waals surface area contributed by atoms with Gasteiger partial charge >= 0.3 is 0 Å². The molecule has 3 rings (SSSR count). The van der Waals surface area contributed by atoms with Crippen LogP contribution in [0.1, 0.15) is 31.2 Å². The monoisotopic (exact) mass is 237 g/mol. The molecule has 0 spiro atoms. The topological polar surface area (TPSA) is 23.5 Å². The van der Waals surface area contributed by atoms with Crippen molar-refractivity contribution in [2.45, 2.75) is 50.3 Å². The summed E-state index contributed by atoms with van der Waals surface area (Å²) < 4.78 is 0. The minimum absolute atomic E-state index is 0.0325. The number of hydrogen-bond acceptors (Lipinski definition) is 3. The highest BCUT2D eigenvalue weighted by Gasteiger charge is 2.39. The van der Waals surface area contributed by atoms with Crippen molar-refractivity contribution < 1.29 is 5.11 Å². The van der Waals surface area contributed by atoms with Gasteiger partial charge in [-0.3, -0.25) is 4.90 Å². The molecule has 0 aliphatic carbocycles. The first-order valence-corrected chi connectivity index (χ1v) is 7.22. The molecule has 2 unspecified atom stereocenters. The van der Waals surface area contributed by atoms with Crippen LogP contribution in [0, 0.1) is 0 Å². The zero-order valence-electron chi connectivity index (χ0n) is 9.51. The summed E-state index contributed by atoms with van der Waals surface area (Å²) in [5, 5.41) is 14.1. The van der Waals surface area contributed by atoms with Crippen molar-refractivity contribution in [3.8, 4) is 0 Å². The lowest BCUT2D eigenvalue weighted by atomic mass is 9.99. The van der Waals surface area contributed by atoms with E-state index < -0.39 is 0 Å². The molecule has 1 aromatic heterocycles. The number of aliphatic hydroxyl groups is 1. The molecule has 1 N–H and O–H groups in total. The fourth-order valence-electron chi connectivity index (χ4n) is 3.30. The van der Waals surface area contributed by atoms with Crippen molar-refractivity contribution in [2.75, 3.05) is 6.54 Å². The van der Waals surface area contributed by atoms with E-state index in [1.54, 1.807) is 11.3 Å². The Labute approximate surface area is 101 Å². The predicted octanol–water partition coefficient (Wildman–Crippen LogP) is 2.28. The summed E-state index contributed by atoms with van der Waals surface area (Å²) in [4.78, 5) is 2.64. The Hall–Kier alpha value is -0.380. The number of aliphatic hydroxyl groups excluding tert-OH is 1. The highest BCUT2D eigenvalue weighted by molar-refractivity contribution is 7.07. The van der Waals surface area contributed by atoms with E-state index in [2.05, 4.69) is 21.7 Å². The van der Waals surface area contributed by atoms with Crippen LogP contribution in [0.5, 0.6) is 0 Å². The third-order valence-electron chi connectivity index (χ3n) is 4.10. The van der Waals surface area contributed by atoms with Gasteiger partial charge in [0, 0.05) is 18.6 Å². The maximum Gasteiger partial charge on any atom is 0.0570 e. The van der Waals surface area contributed by atoms with Crippen molar-refractivity contribution in [2.24, 2.45) is 0 Å². The maximum absolute atomic E-state index is 9.73. The lowest BCUT2D eigenvalue weighted by Gasteiger charge is -2.37. The SMILES string of the molecule is OC1CC2CCC(C1)N2CCc1ccsc1. The molecule has 0 aromatic carbocycles. The maximum atomic E-state index is 9.73. The molecule has 2 bridgehead atoms. The molecule has 2 nitrogen and oxygen atoms in total. The van der Waals surface area contributed by atoms with Gasteiger partial charge in [-0.1, -0.05) is 0 Å². The van der Waals surface area contributed by atoms with Crippen LogP contribution in [0.2, 0.25) is 0 Å². The first kappa shape index (κ1) is 10.8. The van der Waals surface area contributed by atoms with E-state index in [4.69, 9.17) is 0 Å². The van der Waals surface area contributed by atoms with Crippen LogP contribution in [0.4, 0.5) is 0 Å². The van der Waals surface area contributed by atoms with Crippen LogP contribution in [-0.2, 0) is 6.42 Å². The molecule has 2 saturated heterocycles. The number of hydrogen-bond donors (Lipinski definition) is 1. The van der Waals surface area contributed by atoms with E-state index in [1.165, 1.54) is 31.4 Å². The molecular formula is C13H19NOS. The largest absolute Gasteiger partial charge is 0.393 e. The molecule has 88 valence electrons. The quantitative estimate of drug-likeness (QED) is 0.872. The molecule has 2 atom stereocenters. The minimum Gasteiger partial charge on any atom is -0.393 e. The molecule has 2 fully saturated rings. The zero-order valence-corrected chi connectivity index (χ0v) is 10.3. The van der Waals surface area contributed by atoms with E-state index in [0.29, 0.717) is 12.1 Å². The van der Waals surface area contributed by atoms with E-state index in [1.807, 2.05) is 0 Å². The van der Waals surface area contributed by atoms with Crippen molar-refractivity contribution in [3.05, 3.63) is 22.4 Å². The highest BCUT2D eigenvalue weighted by Crippen LogP contribution is 2.35. The van der Waals surface area contributed by atoms with Crippen LogP contribution in [0.25, 0.3) is 0 Å². The Morgan fingerprint density at radius 3 is 2.69 bits per heavy atom. The van der Waals surface area contributed by atoms with Crippen LogP contribution < -0.4 is 0 Å². The minimum atomic E-state index is -0.0325. The summed E-state index contributed by atoms with van der Waals surface area (Å²) in [7, 11) is 0. The van der Waals surface area contributed by atoms with Gasteiger partial charge in [0.25, 0.3) is 0 Å². The van der Waals surface area contributed by atoms with Crippen LogP contribution in [-0.4, -0.2) is 34.7 Å². The van der Waals surface area contributed by atoms with Crippen molar-refractivity contribution >= 4 is 11.3 Å². The number of thiophene rings is 1. The number of nitrogens with zero attached hydrogens (tertiary/aromatic N) is 1. The third-order valence-corrected chi connectivity index (χ3v) is 4.83. The fraction of sp³-hybridized carbons (Fsp3) is 0.692. The lowest BCUT2D eigenvalue weighted by molar-refractivity contribution is 0.0362. The first-order valence-electron chi connectivity index (χ1n) is 6.28. The molecule has 0 amide bonds. The third kappa shape index (κ3) is 2.04. The molecule has 0 saturated carbocycles. The summed E-state index contributed by atoms with van der Waals surface area (Å²) in [6, 6.07) is 3.55. The normalized spacial score (nSPS) is 34.4. The van der Waals surface area contributed by atoms with Crippen molar-refractivity contribution in [1.29, 1.82) is 0 Å². The average Bonchev–Trinajstić information content (AvgIpc) is 2.83. The molecule has 1 aromatic rings. The molecule has 2 aliphatic heterocycles. The van der Waals surface area contributed by atoms with Gasteiger partial charge in [0.1, 0.15) is 0 Å². The Bertz CT molecular complexity index is 324. The van der Waals surface area contributed by atoms with Gasteiger partial charge in [0.05, 0.1) is 6.10 Å². The summed E-state index contributed by atoms with van der Waals surface area (Å²) >= 11 is 1.79. The number of piperidine rings is 1.